The van der Waals surface area contributed by atoms with Crippen molar-refractivity contribution in [3.05, 3.63) is 107 Å². The number of carbonyl (C=O) groups is 4. The lowest BCUT2D eigenvalue weighted by atomic mass is 9.85. The number of piperidine rings is 1. The summed E-state index contributed by atoms with van der Waals surface area (Å²) < 4.78 is 38.2. The molecule has 3 aliphatic rings. The van der Waals surface area contributed by atoms with Gasteiger partial charge in [0.1, 0.15) is 23.7 Å². The van der Waals surface area contributed by atoms with Gasteiger partial charge in [0, 0.05) is 88.0 Å². The second kappa shape index (κ2) is 23.6. The van der Waals surface area contributed by atoms with E-state index in [1.54, 1.807) is 35.9 Å². The van der Waals surface area contributed by atoms with Crippen molar-refractivity contribution in [2.75, 3.05) is 45.9 Å². The van der Waals surface area contributed by atoms with E-state index in [1.807, 2.05) is 84.2 Å². The van der Waals surface area contributed by atoms with Crippen molar-refractivity contribution in [2.45, 2.75) is 116 Å². The summed E-state index contributed by atoms with van der Waals surface area (Å²) in [7, 11) is 0. The number of hydrogen-bond acceptors (Lipinski definition) is 12. The van der Waals surface area contributed by atoms with Gasteiger partial charge in [0.2, 0.25) is 23.6 Å². The van der Waals surface area contributed by atoms with Crippen molar-refractivity contribution in [3.63, 3.8) is 0 Å². The molecule has 3 atom stereocenters. The average Bonchev–Trinajstić information content (AvgIpc) is 4.18. The highest BCUT2D eigenvalue weighted by atomic mass is 32.1. The first kappa shape index (κ1) is 53.3. The van der Waals surface area contributed by atoms with E-state index in [0.29, 0.717) is 92.9 Å². The Morgan fingerprint density at radius 3 is 2.33 bits per heavy atom. The fourth-order valence-electron chi connectivity index (χ4n) is 10.3. The molecular weight excluding hydrogens is 979 g/mol. The SMILES string of the molecule is Cc1ncsc1-c1ccc(CNC(=O)[C@@H]2C[C@@H](O)CN2C(=O)[C@@H](NC(=O)CCCCCC(=O)N2CCC(n3cc(-c4cnc5cccc(-c6cc(F)c(CN7CCOCC7)c(F)c6)c5n4)cn3)CC2)C(C)(C)C)cc1. The van der Waals surface area contributed by atoms with Crippen LogP contribution in [0.4, 0.5) is 8.78 Å². The molecule has 3 aromatic carbocycles. The van der Waals surface area contributed by atoms with Crippen molar-refractivity contribution in [3.8, 4) is 32.8 Å². The molecule has 3 N–H and O–H groups in total. The number of halogens is 2. The van der Waals surface area contributed by atoms with E-state index in [0.717, 1.165) is 40.1 Å². The van der Waals surface area contributed by atoms with Crippen LogP contribution < -0.4 is 10.6 Å². The van der Waals surface area contributed by atoms with Crippen LogP contribution in [-0.4, -0.2) is 132 Å². The molecular formula is C56H66F2N10O6S. The monoisotopic (exact) mass is 1040 g/mol. The molecule has 75 heavy (non-hydrogen) atoms. The van der Waals surface area contributed by atoms with Gasteiger partial charge in [0.25, 0.3) is 0 Å². The maximum absolute atomic E-state index is 15.5. The van der Waals surface area contributed by atoms with Crippen LogP contribution in [0.3, 0.4) is 0 Å². The first-order valence-electron chi connectivity index (χ1n) is 26.0. The molecule has 16 nitrogen and oxygen atoms in total. The molecule has 3 aromatic heterocycles. The average molecular weight is 1050 g/mol. The molecule has 396 valence electrons. The number of β-amino-alcohol motifs (C(OH)–C–C–N with tert-alkyl or cyclic N) is 1. The lowest BCUT2D eigenvalue weighted by Gasteiger charge is -2.35. The fraction of sp³-hybridized carbons (Fsp3) is 0.464. The quantitative estimate of drug-likeness (QED) is 0.0763. The van der Waals surface area contributed by atoms with E-state index in [2.05, 4.69) is 25.7 Å². The van der Waals surface area contributed by atoms with Gasteiger partial charge < -0.3 is 30.3 Å². The zero-order valence-corrected chi connectivity index (χ0v) is 43.9. The second-order valence-corrected chi connectivity index (χ2v) is 21.9. The molecule has 9 rings (SSSR count). The van der Waals surface area contributed by atoms with Crippen LogP contribution in [0, 0.1) is 24.0 Å². The first-order valence-corrected chi connectivity index (χ1v) is 26.9. The highest BCUT2D eigenvalue weighted by molar-refractivity contribution is 7.13. The highest BCUT2D eigenvalue weighted by Crippen LogP contribution is 2.33. The Balaban J connectivity index is 0.715. The number of thiazole rings is 1. The summed E-state index contributed by atoms with van der Waals surface area (Å²) in [6.07, 6.45) is 8.35. The van der Waals surface area contributed by atoms with Crippen LogP contribution in [0.1, 0.15) is 95.0 Å². The Hall–Kier alpha value is -6.54. The number of aryl methyl sites for hydroxylation is 1. The molecule has 4 amide bonds. The Labute approximate surface area is 439 Å². The zero-order valence-electron chi connectivity index (χ0n) is 43.1. The number of amides is 4. The second-order valence-electron chi connectivity index (χ2n) is 21.1. The van der Waals surface area contributed by atoms with E-state index in [-0.39, 0.29) is 61.8 Å². The molecule has 6 heterocycles. The number of benzene rings is 3. The number of morpholine rings is 1. The van der Waals surface area contributed by atoms with E-state index in [4.69, 9.17) is 9.72 Å². The summed E-state index contributed by atoms with van der Waals surface area (Å²) in [5.41, 5.74) is 7.46. The molecule has 3 aliphatic heterocycles. The number of nitrogens with zero attached hydrogens (tertiary/aromatic N) is 8. The summed E-state index contributed by atoms with van der Waals surface area (Å²) in [6.45, 7) is 11.4. The van der Waals surface area contributed by atoms with E-state index in [1.165, 1.54) is 17.0 Å². The minimum absolute atomic E-state index is 0.00862. The maximum atomic E-state index is 15.5. The third-order valence-electron chi connectivity index (χ3n) is 14.6. The van der Waals surface area contributed by atoms with Crippen LogP contribution in [0.25, 0.3) is 43.9 Å². The Bertz CT molecular complexity index is 2980. The van der Waals surface area contributed by atoms with Gasteiger partial charge in [-0.3, -0.25) is 33.7 Å². The Kier molecular flexibility index (Phi) is 16.7. The number of likely N-dealkylation sites (tertiary alicyclic amines) is 2. The molecule has 0 saturated carbocycles. The third kappa shape index (κ3) is 12.8. The molecule has 19 heteroatoms. The van der Waals surface area contributed by atoms with Crippen LogP contribution in [0.5, 0.6) is 0 Å². The fourth-order valence-corrected chi connectivity index (χ4v) is 11.1. The summed E-state index contributed by atoms with van der Waals surface area (Å²) in [4.78, 5) is 74.5. The molecule has 0 unspecified atom stereocenters. The van der Waals surface area contributed by atoms with Crippen molar-refractivity contribution >= 4 is 46.0 Å². The van der Waals surface area contributed by atoms with Crippen molar-refractivity contribution in [1.82, 2.24) is 50.1 Å². The lowest BCUT2D eigenvalue weighted by molar-refractivity contribution is -0.144. The number of carbonyl (C=O) groups excluding carboxylic acids is 4. The Morgan fingerprint density at radius 1 is 0.893 bits per heavy atom. The maximum Gasteiger partial charge on any atom is 0.246 e. The van der Waals surface area contributed by atoms with Gasteiger partial charge in [-0.05, 0) is 72.9 Å². The van der Waals surface area contributed by atoms with Crippen molar-refractivity contribution in [1.29, 1.82) is 0 Å². The largest absolute Gasteiger partial charge is 0.391 e. The van der Waals surface area contributed by atoms with Crippen LogP contribution in [0.2, 0.25) is 0 Å². The number of aliphatic hydroxyl groups is 1. The lowest BCUT2D eigenvalue weighted by Crippen LogP contribution is -2.57. The first-order chi connectivity index (χ1) is 36.1. The minimum Gasteiger partial charge on any atom is -0.391 e. The summed E-state index contributed by atoms with van der Waals surface area (Å²) in [5, 5.41) is 21.2. The van der Waals surface area contributed by atoms with Gasteiger partial charge >= 0.3 is 0 Å². The molecule has 0 spiro atoms. The predicted molar refractivity (Wildman–Crippen MR) is 282 cm³/mol. The van der Waals surface area contributed by atoms with Gasteiger partial charge in [-0.25, -0.2) is 18.7 Å². The van der Waals surface area contributed by atoms with Crippen molar-refractivity contribution < 1.29 is 37.8 Å². The molecule has 0 bridgehead atoms. The molecule has 3 fully saturated rings. The van der Waals surface area contributed by atoms with Gasteiger partial charge in [-0.1, -0.05) is 63.6 Å². The summed E-state index contributed by atoms with van der Waals surface area (Å²) in [5.74, 6) is -2.21. The highest BCUT2D eigenvalue weighted by Gasteiger charge is 2.44. The van der Waals surface area contributed by atoms with Gasteiger partial charge in [-0.2, -0.15) is 5.10 Å². The molecule has 3 saturated heterocycles. The van der Waals surface area contributed by atoms with Crippen LogP contribution in [0.15, 0.2) is 78.7 Å². The van der Waals surface area contributed by atoms with Crippen molar-refractivity contribution in [2.24, 2.45) is 5.41 Å². The topological polar surface area (TPSA) is 188 Å². The normalized spacial score (nSPS) is 18.1. The number of unbranched alkanes of at least 4 members (excludes halogenated alkanes) is 2. The van der Waals surface area contributed by atoms with Gasteiger partial charge in [0.05, 0.1) is 70.6 Å². The predicted octanol–water partition coefficient (Wildman–Crippen LogP) is 7.63. The van der Waals surface area contributed by atoms with Gasteiger partial charge in [-0.15, -0.1) is 11.3 Å². The van der Waals surface area contributed by atoms with Crippen LogP contribution >= 0.6 is 11.3 Å². The number of rotatable bonds is 17. The number of hydrogen-bond donors (Lipinski definition) is 3. The van der Waals surface area contributed by atoms with E-state index >= 15 is 8.78 Å². The molecule has 0 aliphatic carbocycles. The standard InChI is InChI=1S/C56H66F2N10O6S/c1-35-52(75-34-61-35)37-15-13-36(14-16-37)28-60-54(72)48-27-41(69)32-67(48)55(73)53(56(2,3)4)64-49(70)11-6-5-7-12-50(71)66-19-17-40(18-20-66)68-31-39(29-62-68)47-30-59-46-10-8-9-42(51(46)63-47)38-25-44(57)43(45(58)26-38)33-65-21-23-74-24-22-65/h8-10,13-16,25-26,29-31,34,40-41,48,53,69H,5-7,11-12,17-24,27-28,32-33H2,1-4H3,(H,60,72)(H,64,70)/t41-,48+,53-/m1/s1. The smallest absolute Gasteiger partial charge is 0.246 e. The van der Waals surface area contributed by atoms with E-state index in [9.17, 15) is 24.3 Å². The van der Waals surface area contributed by atoms with E-state index < -0.39 is 41.1 Å². The minimum atomic E-state index is -0.923. The number of aromatic nitrogens is 5. The number of ether oxygens (including phenoxy) is 1. The number of aliphatic hydroxyl groups excluding tert-OH is 1. The summed E-state index contributed by atoms with van der Waals surface area (Å²) in [6, 6.07) is 14.3. The zero-order chi connectivity index (χ0) is 52.8. The summed E-state index contributed by atoms with van der Waals surface area (Å²) >= 11 is 1.57. The third-order valence-corrected chi connectivity index (χ3v) is 15.6. The number of nitrogens with one attached hydrogen (secondary N) is 2. The Morgan fingerprint density at radius 2 is 1.63 bits per heavy atom. The number of para-hydroxylation sites is 1. The molecule has 0 radical (unpaired) electrons. The van der Waals surface area contributed by atoms with Crippen LogP contribution in [-0.2, 0) is 37.0 Å². The molecule has 6 aromatic rings. The van der Waals surface area contributed by atoms with Gasteiger partial charge in [0.15, 0.2) is 0 Å². The number of fused-ring (bicyclic) bond motifs is 1.